The molecule has 1 aliphatic heterocycles. The summed E-state index contributed by atoms with van der Waals surface area (Å²) in [6.07, 6.45) is -2.69. The number of benzene rings is 1. The number of aliphatic imine (C=N–C) groups is 1. The molecule has 3 aromatic rings. The Bertz CT molecular complexity index is 1710. The normalized spacial score (nSPS) is 15.4. The summed E-state index contributed by atoms with van der Waals surface area (Å²) in [4.78, 5) is 46.7. The summed E-state index contributed by atoms with van der Waals surface area (Å²) < 4.78 is 84.2. The van der Waals surface area contributed by atoms with Gasteiger partial charge in [0, 0.05) is 31.1 Å². The number of allylic oxidation sites excluding steroid dienone is 1. The van der Waals surface area contributed by atoms with Crippen LogP contribution in [0.2, 0.25) is 0 Å². The molecule has 0 bridgehead atoms. The highest BCUT2D eigenvalue weighted by Crippen LogP contribution is 2.35. The molecule has 2 aromatic carbocycles. The van der Waals surface area contributed by atoms with E-state index in [-0.39, 0.29) is 29.2 Å². The Kier molecular flexibility index (Phi) is 9.86. The molecule has 46 heavy (non-hydrogen) atoms. The van der Waals surface area contributed by atoms with Crippen LogP contribution in [-0.2, 0) is 28.8 Å². The van der Waals surface area contributed by atoms with Gasteiger partial charge < -0.3 is 11.1 Å². The second kappa shape index (κ2) is 13.4. The molecular formula is C30H26F6N6O4. The Hall–Kier alpha value is -5.17. The fourth-order valence-corrected chi connectivity index (χ4v) is 4.88. The van der Waals surface area contributed by atoms with Gasteiger partial charge in [0.25, 0.3) is 11.8 Å². The molecule has 1 aliphatic rings. The molecule has 0 spiro atoms. The lowest BCUT2D eigenvalue weighted by molar-refractivity contribution is -0.142. The van der Waals surface area contributed by atoms with Gasteiger partial charge in [0.05, 0.1) is 30.0 Å². The van der Waals surface area contributed by atoms with Crippen LogP contribution in [0, 0.1) is 35.5 Å². The second-order valence-electron chi connectivity index (χ2n) is 10.3. The van der Waals surface area contributed by atoms with Crippen molar-refractivity contribution in [3.8, 4) is 0 Å². The molecule has 10 nitrogen and oxygen atoms in total. The quantitative estimate of drug-likeness (QED) is 0.254. The first-order chi connectivity index (χ1) is 21.6. The van der Waals surface area contributed by atoms with Crippen molar-refractivity contribution in [2.24, 2.45) is 16.6 Å². The molecule has 2 heterocycles. The second-order valence-corrected chi connectivity index (χ2v) is 10.3. The first kappa shape index (κ1) is 33.7. The highest BCUT2D eigenvalue weighted by molar-refractivity contribution is 5.95. The van der Waals surface area contributed by atoms with E-state index in [0.717, 1.165) is 38.6 Å². The van der Waals surface area contributed by atoms with Crippen LogP contribution >= 0.6 is 0 Å². The molecular weight excluding hydrogens is 622 g/mol. The van der Waals surface area contributed by atoms with E-state index < -0.39 is 70.8 Å². The van der Waals surface area contributed by atoms with Crippen LogP contribution in [0.5, 0.6) is 0 Å². The molecule has 0 saturated carbocycles. The maximum Gasteiger partial charge on any atom is 0.435 e. The molecule has 0 fully saturated rings. The number of hydroxylamine groups is 2. The fraction of sp³-hybridized carbons (Fsp3) is 0.300. The maximum absolute atomic E-state index is 14.2. The van der Waals surface area contributed by atoms with Gasteiger partial charge in [-0.3, -0.25) is 28.9 Å². The summed E-state index contributed by atoms with van der Waals surface area (Å²) >= 11 is 0. The highest BCUT2D eigenvalue weighted by atomic mass is 19.4. The lowest BCUT2D eigenvalue weighted by Crippen LogP contribution is -2.40. The predicted molar refractivity (Wildman–Crippen MR) is 150 cm³/mol. The maximum atomic E-state index is 14.2. The van der Waals surface area contributed by atoms with E-state index >= 15 is 0 Å². The monoisotopic (exact) mass is 648 g/mol. The summed E-state index contributed by atoms with van der Waals surface area (Å²) in [5.74, 6) is -6.38. The number of nitrogens with zero attached hydrogens (tertiary/aromatic N) is 4. The largest absolute Gasteiger partial charge is 0.435 e. The third-order valence-corrected chi connectivity index (χ3v) is 7.00. The van der Waals surface area contributed by atoms with Gasteiger partial charge in [-0.05, 0) is 54.2 Å². The SMILES string of the molecule is CON(C)C(=O)c1cn(CC(=O)N[C@@H](Cc2cc(F)cc(F)c2)C2=C(c3c#cc(F)c(C(N)=O)c3)C(C)CC=N2)nc1C(F)(F)F. The van der Waals surface area contributed by atoms with Crippen LogP contribution in [0.3, 0.4) is 0 Å². The minimum atomic E-state index is -5.05. The molecule has 2 atom stereocenters. The van der Waals surface area contributed by atoms with Crippen molar-refractivity contribution in [3.05, 3.63) is 93.7 Å². The molecule has 1 unspecified atom stereocenters. The number of aromatic nitrogens is 2. The minimum absolute atomic E-state index is 0.0875. The summed E-state index contributed by atoms with van der Waals surface area (Å²) in [7, 11) is 2.16. The summed E-state index contributed by atoms with van der Waals surface area (Å²) in [6.45, 7) is 0.950. The zero-order valence-corrected chi connectivity index (χ0v) is 24.5. The number of carbonyl (C=O) groups is 3. The van der Waals surface area contributed by atoms with Gasteiger partial charge in [0.15, 0.2) is 11.5 Å². The minimum Gasteiger partial charge on any atom is -0.365 e. The number of hydrogen-bond donors (Lipinski definition) is 2. The molecule has 3 N–H and O–H groups in total. The van der Waals surface area contributed by atoms with Gasteiger partial charge >= 0.3 is 6.18 Å². The Morgan fingerprint density at radius 3 is 2.41 bits per heavy atom. The zero-order valence-electron chi connectivity index (χ0n) is 24.5. The number of amides is 3. The van der Waals surface area contributed by atoms with E-state index in [9.17, 15) is 40.7 Å². The molecule has 16 heteroatoms. The number of carbonyl (C=O) groups excluding carboxylic acids is 3. The lowest BCUT2D eigenvalue weighted by Gasteiger charge is -2.28. The summed E-state index contributed by atoms with van der Waals surface area (Å²) in [5.41, 5.74) is 3.14. The third-order valence-electron chi connectivity index (χ3n) is 7.00. The number of primary amides is 1. The summed E-state index contributed by atoms with van der Waals surface area (Å²) in [5, 5.41) is 6.56. The molecule has 0 radical (unpaired) electrons. The van der Waals surface area contributed by atoms with Crippen LogP contribution in [-0.4, -0.2) is 59.0 Å². The number of alkyl halides is 3. The van der Waals surface area contributed by atoms with Crippen molar-refractivity contribution in [1.82, 2.24) is 20.2 Å². The van der Waals surface area contributed by atoms with Crippen LogP contribution in [0.4, 0.5) is 26.3 Å². The molecule has 0 saturated heterocycles. The van der Waals surface area contributed by atoms with Crippen LogP contribution in [0.1, 0.15) is 50.9 Å². The zero-order chi connectivity index (χ0) is 33.9. The van der Waals surface area contributed by atoms with E-state index in [1.54, 1.807) is 6.92 Å². The van der Waals surface area contributed by atoms with Crippen molar-refractivity contribution < 1.29 is 45.6 Å². The van der Waals surface area contributed by atoms with E-state index in [4.69, 9.17) is 5.73 Å². The van der Waals surface area contributed by atoms with Gasteiger partial charge in [-0.15, -0.1) is 0 Å². The summed E-state index contributed by atoms with van der Waals surface area (Å²) in [6, 6.07) is 7.46. The van der Waals surface area contributed by atoms with Gasteiger partial charge in [0.1, 0.15) is 18.2 Å². The van der Waals surface area contributed by atoms with Gasteiger partial charge in [0.2, 0.25) is 5.91 Å². The fourth-order valence-electron chi connectivity index (χ4n) is 4.88. The smallest absolute Gasteiger partial charge is 0.365 e. The molecule has 4 rings (SSSR count). The van der Waals surface area contributed by atoms with Crippen molar-refractivity contribution in [3.63, 3.8) is 0 Å². The van der Waals surface area contributed by atoms with Crippen molar-refractivity contribution in [2.45, 2.75) is 38.5 Å². The average molecular weight is 649 g/mol. The highest BCUT2D eigenvalue weighted by Gasteiger charge is 2.40. The first-order valence-corrected chi connectivity index (χ1v) is 13.5. The van der Waals surface area contributed by atoms with E-state index in [0.29, 0.717) is 27.8 Å². The Morgan fingerprint density at radius 2 is 1.80 bits per heavy atom. The number of hydrogen-bond acceptors (Lipinski definition) is 6. The van der Waals surface area contributed by atoms with Crippen LogP contribution in [0.25, 0.3) is 5.57 Å². The van der Waals surface area contributed by atoms with Crippen molar-refractivity contribution in [2.75, 3.05) is 14.2 Å². The lowest BCUT2D eigenvalue weighted by atomic mass is 9.85. The first-order valence-electron chi connectivity index (χ1n) is 13.5. The topological polar surface area (TPSA) is 132 Å². The van der Waals surface area contributed by atoms with Crippen LogP contribution in [0.15, 0.2) is 41.2 Å². The van der Waals surface area contributed by atoms with Crippen molar-refractivity contribution in [1.29, 1.82) is 0 Å². The molecule has 3 amide bonds. The van der Waals surface area contributed by atoms with E-state index in [2.05, 4.69) is 32.4 Å². The van der Waals surface area contributed by atoms with Gasteiger partial charge in [-0.25, -0.2) is 13.8 Å². The third kappa shape index (κ3) is 7.54. The molecule has 242 valence electrons. The average Bonchev–Trinajstić information content (AvgIpc) is 3.40. The van der Waals surface area contributed by atoms with Crippen LogP contribution < -0.4 is 11.1 Å². The number of nitrogens with one attached hydrogen (secondary N) is 1. The van der Waals surface area contributed by atoms with Gasteiger partial charge in [-0.2, -0.15) is 22.7 Å². The number of nitrogens with two attached hydrogens (primary N) is 1. The molecule has 1 aromatic heterocycles. The Morgan fingerprint density at radius 1 is 1.13 bits per heavy atom. The van der Waals surface area contributed by atoms with E-state index in [1.807, 2.05) is 0 Å². The predicted octanol–water partition coefficient (Wildman–Crippen LogP) is 3.90. The van der Waals surface area contributed by atoms with E-state index in [1.165, 1.54) is 6.21 Å². The number of rotatable bonds is 10. The van der Waals surface area contributed by atoms with Crippen molar-refractivity contribution >= 4 is 29.5 Å². The molecule has 0 aliphatic carbocycles. The number of halogens is 6. The standard InChI is InChI=1S/C30H26F6N6O4/c1-15-6-7-38-26(25(15)17-4-5-22(33)20(11-17)28(37)44)23(10-16-8-18(31)12-19(32)9-16)39-24(43)14-42-13-21(29(45)41(2)46-3)27(40-42)30(34,35)36/h7-9,11-13,15,23H,6,10,14H2,1-3H3,(H2,37,44)(H,39,43)/t15?,23-/m0/s1. The van der Waals surface area contributed by atoms with Gasteiger partial charge in [-0.1, -0.05) is 13.0 Å². The Labute approximate surface area is 258 Å². The Balaban J connectivity index is 1.77.